The molecule has 7 heteroatoms. The Balaban J connectivity index is 1.47. The van der Waals surface area contributed by atoms with Crippen LogP contribution in [0.15, 0.2) is 4.99 Å². The number of aliphatic imine (C=N–C) groups is 1. The van der Waals surface area contributed by atoms with E-state index in [2.05, 4.69) is 44.2 Å². The standard InChI is InChI=1S/C22H44N6O/c1-4-26-10-12-27(13-11-26)20(2)18-24-21(23-3)25-19-22(8-6-5-7-9-22)28-14-16-29-17-15-28/h20H,4-19H2,1-3H3,(H2,23,24,25). The second-order valence-electron chi connectivity index (χ2n) is 9.01. The average Bonchev–Trinajstić information content (AvgIpc) is 2.80. The van der Waals surface area contributed by atoms with Crippen molar-refractivity contribution in [3.05, 3.63) is 0 Å². The van der Waals surface area contributed by atoms with Gasteiger partial charge in [0.05, 0.1) is 13.2 Å². The molecule has 0 aromatic carbocycles. The highest BCUT2D eigenvalue weighted by Crippen LogP contribution is 2.33. The molecule has 0 amide bonds. The Morgan fingerprint density at radius 3 is 2.31 bits per heavy atom. The van der Waals surface area contributed by atoms with Crippen LogP contribution >= 0.6 is 0 Å². The number of ether oxygens (including phenoxy) is 1. The van der Waals surface area contributed by atoms with Crippen LogP contribution in [0.25, 0.3) is 0 Å². The number of nitrogens with one attached hydrogen (secondary N) is 2. The normalized spacial score (nSPS) is 26.2. The summed E-state index contributed by atoms with van der Waals surface area (Å²) >= 11 is 0. The number of nitrogens with zero attached hydrogens (tertiary/aromatic N) is 4. The van der Waals surface area contributed by atoms with E-state index < -0.39 is 0 Å². The molecule has 2 saturated heterocycles. The van der Waals surface area contributed by atoms with Gasteiger partial charge in [0.1, 0.15) is 0 Å². The van der Waals surface area contributed by atoms with Gasteiger partial charge in [0.2, 0.25) is 0 Å². The highest BCUT2D eigenvalue weighted by atomic mass is 16.5. The first kappa shape index (κ1) is 22.8. The van der Waals surface area contributed by atoms with Crippen LogP contribution in [0, 0.1) is 0 Å². The van der Waals surface area contributed by atoms with E-state index >= 15 is 0 Å². The summed E-state index contributed by atoms with van der Waals surface area (Å²) in [6.45, 7) is 16.3. The Bertz CT molecular complexity index is 494. The molecule has 168 valence electrons. The van der Waals surface area contributed by atoms with Crippen molar-refractivity contribution in [1.29, 1.82) is 0 Å². The van der Waals surface area contributed by atoms with Crippen molar-refractivity contribution in [2.24, 2.45) is 4.99 Å². The molecule has 29 heavy (non-hydrogen) atoms. The van der Waals surface area contributed by atoms with E-state index in [9.17, 15) is 0 Å². The van der Waals surface area contributed by atoms with Gasteiger partial charge in [-0.25, -0.2) is 0 Å². The predicted octanol–water partition coefficient (Wildman–Crippen LogP) is 1.21. The van der Waals surface area contributed by atoms with Crippen LogP contribution in [-0.2, 0) is 4.74 Å². The Morgan fingerprint density at radius 1 is 1.00 bits per heavy atom. The number of rotatable bonds is 7. The van der Waals surface area contributed by atoms with Gasteiger partial charge in [-0.2, -0.15) is 0 Å². The minimum atomic E-state index is 0.266. The summed E-state index contributed by atoms with van der Waals surface area (Å²) in [6, 6.07) is 0.524. The van der Waals surface area contributed by atoms with Crippen molar-refractivity contribution >= 4 is 5.96 Å². The van der Waals surface area contributed by atoms with E-state index in [-0.39, 0.29) is 5.54 Å². The first-order valence-corrected chi connectivity index (χ1v) is 11.9. The van der Waals surface area contributed by atoms with Gasteiger partial charge in [0, 0.05) is 71.0 Å². The van der Waals surface area contributed by atoms with E-state index in [4.69, 9.17) is 4.74 Å². The first-order valence-electron chi connectivity index (χ1n) is 11.9. The number of hydrogen-bond acceptors (Lipinski definition) is 5. The van der Waals surface area contributed by atoms with Crippen molar-refractivity contribution in [2.75, 3.05) is 79.2 Å². The molecule has 1 atom stereocenters. The highest BCUT2D eigenvalue weighted by molar-refractivity contribution is 5.79. The zero-order chi connectivity index (χ0) is 20.5. The molecule has 3 rings (SSSR count). The van der Waals surface area contributed by atoms with Crippen LogP contribution in [0.3, 0.4) is 0 Å². The maximum atomic E-state index is 5.61. The minimum absolute atomic E-state index is 0.266. The Labute approximate surface area is 178 Å². The lowest BCUT2D eigenvalue weighted by molar-refractivity contribution is -0.0352. The van der Waals surface area contributed by atoms with Gasteiger partial charge >= 0.3 is 0 Å². The summed E-state index contributed by atoms with van der Waals surface area (Å²) in [5.74, 6) is 0.947. The molecular weight excluding hydrogens is 364 g/mol. The van der Waals surface area contributed by atoms with E-state index in [0.29, 0.717) is 6.04 Å². The Hall–Kier alpha value is -0.890. The van der Waals surface area contributed by atoms with E-state index in [0.717, 1.165) is 45.4 Å². The van der Waals surface area contributed by atoms with Gasteiger partial charge in [-0.3, -0.25) is 14.8 Å². The molecule has 0 bridgehead atoms. The van der Waals surface area contributed by atoms with Crippen LogP contribution in [0.5, 0.6) is 0 Å². The molecule has 7 nitrogen and oxygen atoms in total. The fourth-order valence-corrected chi connectivity index (χ4v) is 5.22. The van der Waals surface area contributed by atoms with Gasteiger partial charge in [0.25, 0.3) is 0 Å². The molecule has 0 aromatic rings. The number of morpholine rings is 1. The SMILES string of the molecule is CCN1CCN(C(C)CNC(=NC)NCC2(N3CCOCC3)CCCCC2)CC1. The molecule has 3 fully saturated rings. The van der Waals surface area contributed by atoms with Gasteiger partial charge in [-0.15, -0.1) is 0 Å². The smallest absolute Gasteiger partial charge is 0.191 e. The molecule has 3 aliphatic rings. The fourth-order valence-electron chi connectivity index (χ4n) is 5.22. The third-order valence-corrected chi connectivity index (χ3v) is 7.32. The zero-order valence-electron chi connectivity index (χ0n) is 19.1. The average molecular weight is 409 g/mol. The van der Waals surface area contributed by atoms with Crippen LogP contribution in [0.1, 0.15) is 46.0 Å². The van der Waals surface area contributed by atoms with Crippen molar-refractivity contribution in [1.82, 2.24) is 25.3 Å². The summed E-state index contributed by atoms with van der Waals surface area (Å²) in [5, 5.41) is 7.27. The third kappa shape index (κ3) is 6.29. The van der Waals surface area contributed by atoms with Crippen LogP contribution in [0.4, 0.5) is 0 Å². The molecule has 1 aliphatic carbocycles. The molecule has 1 unspecified atom stereocenters. The quantitative estimate of drug-likeness (QED) is 0.488. The summed E-state index contributed by atoms with van der Waals surface area (Å²) in [6.07, 6.45) is 6.63. The molecule has 0 radical (unpaired) electrons. The fraction of sp³-hybridized carbons (Fsp3) is 0.955. The highest BCUT2D eigenvalue weighted by Gasteiger charge is 2.38. The first-order chi connectivity index (χ1) is 14.2. The second kappa shape index (κ2) is 11.5. The van der Waals surface area contributed by atoms with Gasteiger partial charge in [0.15, 0.2) is 5.96 Å². The maximum absolute atomic E-state index is 5.61. The maximum Gasteiger partial charge on any atom is 0.191 e. The van der Waals surface area contributed by atoms with Crippen molar-refractivity contribution in [2.45, 2.75) is 57.5 Å². The number of hydrogen-bond donors (Lipinski definition) is 2. The Morgan fingerprint density at radius 2 is 1.69 bits per heavy atom. The Kier molecular flexibility index (Phi) is 9.03. The van der Waals surface area contributed by atoms with E-state index in [1.807, 2.05) is 7.05 Å². The van der Waals surface area contributed by atoms with Crippen LogP contribution in [0.2, 0.25) is 0 Å². The molecule has 2 N–H and O–H groups in total. The van der Waals surface area contributed by atoms with Crippen molar-refractivity contribution in [3.8, 4) is 0 Å². The monoisotopic (exact) mass is 408 g/mol. The lowest BCUT2D eigenvalue weighted by Gasteiger charge is -2.48. The summed E-state index contributed by atoms with van der Waals surface area (Å²) in [5.41, 5.74) is 0.266. The summed E-state index contributed by atoms with van der Waals surface area (Å²) < 4.78 is 5.61. The van der Waals surface area contributed by atoms with Crippen molar-refractivity contribution < 1.29 is 4.74 Å². The number of guanidine groups is 1. The summed E-state index contributed by atoms with van der Waals surface area (Å²) in [7, 11) is 1.89. The van der Waals surface area contributed by atoms with Gasteiger partial charge < -0.3 is 20.3 Å². The number of piperazine rings is 1. The predicted molar refractivity (Wildman–Crippen MR) is 121 cm³/mol. The lowest BCUT2D eigenvalue weighted by Crippen LogP contribution is -2.61. The zero-order valence-corrected chi connectivity index (χ0v) is 19.1. The second-order valence-corrected chi connectivity index (χ2v) is 9.01. The molecular formula is C22H44N6O. The molecule has 0 spiro atoms. The van der Waals surface area contributed by atoms with Crippen LogP contribution in [-0.4, -0.2) is 111 Å². The molecule has 0 aromatic heterocycles. The van der Waals surface area contributed by atoms with Gasteiger partial charge in [-0.05, 0) is 26.3 Å². The van der Waals surface area contributed by atoms with E-state index in [1.165, 1.54) is 64.8 Å². The third-order valence-electron chi connectivity index (χ3n) is 7.32. The van der Waals surface area contributed by atoms with Gasteiger partial charge in [-0.1, -0.05) is 26.2 Å². The van der Waals surface area contributed by atoms with E-state index in [1.54, 1.807) is 0 Å². The molecule has 2 aliphatic heterocycles. The van der Waals surface area contributed by atoms with Crippen molar-refractivity contribution in [3.63, 3.8) is 0 Å². The topological polar surface area (TPSA) is 55.4 Å². The minimum Gasteiger partial charge on any atom is -0.379 e. The molecule has 1 saturated carbocycles. The summed E-state index contributed by atoms with van der Waals surface area (Å²) in [4.78, 5) is 12.3. The molecule has 2 heterocycles. The lowest BCUT2D eigenvalue weighted by atomic mass is 9.80. The van der Waals surface area contributed by atoms with Crippen LogP contribution < -0.4 is 10.6 Å². The largest absolute Gasteiger partial charge is 0.379 e. The number of likely N-dealkylation sites (N-methyl/N-ethyl adjacent to an activating group) is 1.